The lowest BCUT2D eigenvalue weighted by molar-refractivity contribution is -0.466. The molecule has 19 nitrogen and oxygen atoms in total. The van der Waals surface area contributed by atoms with Gasteiger partial charge in [0.2, 0.25) is 5.91 Å². The van der Waals surface area contributed by atoms with Crippen molar-refractivity contribution in [2.24, 2.45) is 68.0 Å². The minimum absolute atomic E-state index is 0.0687. The second-order valence-electron chi connectivity index (χ2n) is 36.7. The van der Waals surface area contributed by atoms with Crippen LogP contribution < -0.4 is 10.6 Å². The Balaban J connectivity index is 0.839. The number of allylic oxidation sites excluding steroid dienone is 2. The zero-order chi connectivity index (χ0) is 75.6. The van der Waals surface area contributed by atoms with Gasteiger partial charge in [0.15, 0.2) is 24.3 Å². The normalized spacial score (nSPS) is 41.2. The van der Waals surface area contributed by atoms with Gasteiger partial charge >= 0.3 is 12.1 Å². The van der Waals surface area contributed by atoms with Gasteiger partial charge in [0.05, 0.1) is 63.5 Å². The highest BCUT2D eigenvalue weighted by molar-refractivity contribution is 5.81. The van der Waals surface area contributed by atoms with Crippen LogP contribution in [0.1, 0.15) is 204 Å². The first-order valence-electron chi connectivity index (χ1n) is 40.1. The van der Waals surface area contributed by atoms with Crippen molar-refractivity contribution in [1.82, 2.24) is 10.6 Å². The number of amides is 2. The number of nitrogens with one attached hydrogen (secondary N) is 2. The van der Waals surface area contributed by atoms with Gasteiger partial charge in [-0.25, -0.2) is 4.79 Å². The van der Waals surface area contributed by atoms with E-state index in [1.807, 2.05) is 120 Å². The molecule has 4 saturated carbocycles. The number of carbonyl (C=O) groups excluding carboxylic acids is 4. The van der Waals surface area contributed by atoms with E-state index in [-0.39, 0.29) is 71.6 Å². The van der Waals surface area contributed by atoms with Crippen LogP contribution in [-0.2, 0) is 95.8 Å². The molecule has 3 aromatic rings. The summed E-state index contributed by atoms with van der Waals surface area (Å²) in [6.45, 7) is 33.7. The predicted octanol–water partition coefficient (Wildman–Crippen LogP) is 14.9. The summed E-state index contributed by atoms with van der Waals surface area (Å²) in [5.74, 6) is -3.92. The first-order chi connectivity index (χ1) is 50.3. The van der Waals surface area contributed by atoms with Crippen molar-refractivity contribution in [3.8, 4) is 0 Å². The highest BCUT2D eigenvalue weighted by Gasteiger charge is 2.78. The Kier molecular flexibility index (Phi) is 23.0. The summed E-state index contributed by atoms with van der Waals surface area (Å²) >= 11 is 0. The summed E-state index contributed by atoms with van der Waals surface area (Å²) in [5.41, 5.74) is 1.39. The number of fused-ring (bicyclic) bond motifs is 9. The molecule has 5 aliphatic heterocycles. The number of aldehydes is 1. The molecule has 0 spiro atoms. The Morgan fingerprint density at radius 1 is 0.679 bits per heavy atom. The standard InChI is InChI=1S/C87H124N2O17/c1-53-38-40-82(12)64(83(53,13)52-90)39-41-84(14)65(82)37-36-60-61-45-80(8,9)42-43-86(61,66(94-16)46-85(60,84)15)77(92)105-87(74-70(104-87)54(2)68(62(100-74)50-95-47-57-29-21-17-22-30-57)89-67(91)35-27-20-28-44-88-78(93)106-79(5,6)7)75-73-72(102-81(10,11)103-73)71(56(4)99-75)101-76-55(3)69(97-49-59-33-25-19-26-34-59)63(51-98-76)96-48-58-31-23-18-24-32-58/h17-19,21-26,29-34,36,52-56,61-66,68-76H,20,27-28,35,37-51H2,1-16H3,(H,88,93)(H,89,91)/t53-,54?,55?,56+,61?,62-,63?,64+,65?,66-,68?,69?,70?,71?,72?,73?,74+,75+,76-,82?,83-,84-,85+,86?,87?/m0/s1. The van der Waals surface area contributed by atoms with E-state index >= 15 is 4.79 Å². The van der Waals surface area contributed by atoms with Crippen molar-refractivity contribution in [2.75, 3.05) is 26.9 Å². The first kappa shape index (κ1) is 78.9. The summed E-state index contributed by atoms with van der Waals surface area (Å²) < 4.78 is 91.3. The second-order valence-corrected chi connectivity index (χ2v) is 36.7. The van der Waals surface area contributed by atoms with E-state index in [1.54, 1.807) is 7.11 Å². The van der Waals surface area contributed by atoms with Gasteiger partial charge in [0.1, 0.15) is 47.8 Å². The monoisotopic (exact) mass is 1470 g/mol. The molecule has 19 heteroatoms. The number of carbonyl (C=O) groups is 4. The molecular formula is C87H124N2O17. The zero-order valence-electron chi connectivity index (χ0n) is 66.2. The summed E-state index contributed by atoms with van der Waals surface area (Å²) in [6.07, 6.45) is 3.79. The first-order valence-corrected chi connectivity index (χ1v) is 40.1. The third-order valence-corrected chi connectivity index (χ3v) is 27.9. The van der Waals surface area contributed by atoms with Gasteiger partial charge in [-0.3, -0.25) is 9.59 Å². The van der Waals surface area contributed by atoms with Crippen LogP contribution in [-0.4, -0.2) is 148 Å². The predicted molar refractivity (Wildman–Crippen MR) is 399 cm³/mol. The maximum atomic E-state index is 17.3. The third-order valence-electron chi connectivity index (χ3n) is 27.9. The van der Waals surface area contributed by atoms with Crippen molar-refractivity contribution in [1.29, 1.82) is 0 Å². The number of rotatable bonds is 24. The number of benzene rings is 3. The van der Waals surface area contributed by atoms with E-state index in [0.717, 1.165) is 61.6 Å². The smallest absolute Gasteiger partial charge is 0.407 e. The van der Waals surface area contributed by atoms with Gasteiger partial charge in [-0.1, -0.05) is 171 Å². The molecule has 5 aliphatic carbocycles. The molecular weight excluding hydrogens is 1340 g/mol. The molecule has 0 radical (unpaired) electrons. The largest absolute Gasteiger partial charge is 0.444 e. The van der Waals surface area contributed by atoms with Crippen LogP contribution in [0.15, 0.2) is 103 Å². The van der Waals surface area contributed by atoms with E-state index in [0.29, 0.717) is 63.7 Å². The highest BCUT2D eigenvalue weighted by atomic mass is 16.8. The lowest BCUT2D eigenvalue weighted by atomic mass is 9.33. The summed E-state index contributed by atoms with van der Waals surface area (Å²) in [4.78, 5) is 57.5. The maximum Gasteiger partial charge on any atom is 0.407 e. The molecule has 13 rings (SSSR count). The van der Waals surface area contributed by atoms with Crippen LogP contribution in [0.3, 0.4) is 0 Å². The summed E-state index contributed by atoms with van der Waals surface area (Å²) in [7, 11) is 1.78. The fourth-order valence-corrected chi connectivity index (χ4v) is 21.8. The van der Waals surface area contributed by atoms with Crippen LogP contribution >= 0.6 is 0 Å². The van der Waals surface area contributed by atoms with Crippen molar-refractivity contribution in [3.05, 3.63) is 119 Å². The topological polar surface area (TPSA) is 212 Å². The zero-order valence-corrected chi connectivity index (χ0v) is 66.2. The molecule has 2 N–H and O–H groups in total. The van der Waals surface area contributed by atoms with Gasteiger partial charge < -0.3 is 77.0 Å². The quantitative estimate of drug-likeness (QED) is 0.0369. The lowest BCUT2D eigenvalue weighted by Crippen LogP contribution is -2.83. The Morgan fingerprint density at radius 3 is 1.99 bits per heavy atom. The number of hydrogen-bond acceptors (Lipinski definition) is 17. The molecule has 3 aromatic carbocycles. The molecule has 9 fully saturated rings. The third kappa shape index (κ3) is 14.9. The average molecular weight is 1470 g/mol. The maximum absolute atomic E-state index is 17.3. The molecule has 584 valence electrons. The van der Waals surface area contributed by atoms with Crippen molar-refractivity contribution < 1.29 is 80.8 Å². The molecule has 10 aliphatic rings. The molecule has 14 unspecified atom stereocenters. The van der Waals surface area contributed by atoms with Crippen LogP contribution in [0.4, 0.5) is 4.79 Å². The highest BCUT2D eigenvalue weighted by Crippen LogP contribution is 2.77. The number of hydrogen-bond donors (Lipinski definition) is 2. The van der Waals surface area contributed by atoms with Crippen LogP contribution in [0, 0.1) is 68.0 Å². The summed E-state index contributed by atoms with van der Waals surface area (Å²) in [5, 5.41) is 6.21. The number of methoxy groups -OCH3 is 1. The van der Waals surface area contributed by atoms with E-state index < -0.39 is 125 Å². The van der Waals surface area contributed by atoms with E-state index in [1.165, 1.54) is 11.9 Å². The molecule has 0 bridgehead atoms. The SMILES string of the molecule is CO[C@H]1C[C@]2(C)C(=CCC3C4(C)CC[C@H](C)[C@](C)(C=O)[C@@H]4CC[C@@]32C)C2CC(C)(C)CCC21C(=O)OC1([C@@H]2O[C@H](C)C(O[C@@H]3OCC(OCc4ccccc4)C(OCc4ccccc4)C3C)C3OC(C)(C)OC32)OC2C(C)C(NC(=O)CCCCCNC(=O)OC(C)(C)C)[C@H](COCc3ccccc3)O[C@H]21. The minimum atomic E-state index is -1.98. The van der Waals surface area contributed by atoms with Crippen molar-refractivity contribution in [2.45, 2.75) is 304 Å². The van der Waals surface area contributed by atoms with E-state index in [9.17, 15) is 14.4 Å². The molecule has 5 saturated heterocycles. The number of alkyl carbamates (subject to hydrolysis) is 1. The van der Waals surface area contributed by atoms with Gasteiger partial charge in [0, 0.05) is 37.3 Å². The second kappa shape index (κ2) is 30.8. The Morgan fingerprint density at radius 2 is 1.33 bits per heavy atom. The Labute approximate surface area is 630 Å². The van der Waals surface area contributed by atoms with E-state index in [2.05, 4.69) is 91.2 Å². The van der Waals surface area contributed by atoms with Crippen LogP contribution in [0.5, 0.6) is 0 Å². The average Bonchev–Trinajstić information content (AvgIpc) is 0.876. The minimum Gasteiger partial charge on any atom is -0.444 e. The van der Waals surface area contributed by atoms with E-state index in [4.69, 9.17) is 61.6 Å². The van der Waals surface area contributed by atoms with Gasteiger partial charge in [-0.05, 0) is 174 Å². The van der Waals surface area contributed by atoms with Crippen LogP contribution in [0.2, 0.25) is 0 Å². The van der Waals surface area contributed by atoms with Gasteiger partial charge in [-0.15, -0.1) is 0 Å². The fraction of sp³-hybridized carbons (Fsp3) is 0.724. The molecule has 5 heterocycles. The lowest BCUT2D eigenvalue weighted by Gasteiger charge is -2.72. The summed E-state index contributed by atoms with van der Waals surface area (Å²) in [6, 6.07) is 29.5. The molecule has 2 amide bonds. The van der Waals surface area contributed by atoms with Gasteiger partial charge in [-0.2, -0.15) is 0 Å². The number of unbranched alkanes of at least 4 members (excludes halogenated alkanes) is 2. The Hall–Kier alpha value is -5.16. The molecule has 0 aromatic heterocycles. The van der Waals surface area contributed by atoms with Crippen molar-refractivity contribution >= 4 is 24.3 Å². The molecule has 106 heavy (non-hydrogen) atoms. The van der Waals surface area contributed by atoms with Crippen LogP contribution in [0.25, 0.3) is 0 Å². The number of esters is 1. The van der Waals surface area contributed by atoms with Crippen molar-refractivity contribution in [3.63, 3.8) is 0 Å². The fourth-order valence-electron chi connectivity index (χ4n) is 21.8. The Bertz CT molecular complexity index is 3570. The van der Waals surface area contributed by atoms with Gasteiger partial charge in [0.25, 0.3) is 5.79 Å². The molecule has 25 atom stereocenters. The number of ether oxygens (including phenoxy) is 13.